The van der Waals surface area contributed by atoms with E-state index >= 15 is 0 Å². The number of carbonyl (C=O) groups is 1. The van der Waals surface area contributed by atoms with Crippen LogP contribution >= 0.6 is 11.6 Å². The number of benzene rings is 3. The molecule has 0 N–H and O–H groups in total. The number of hydrogen-bond acceptors (Lipinski definition) is 4. The highest BCUT2D eigenvalue weighted by molar-refractivity contribution is 6.30. The van der Waals surface area contributed by atoms with Crippen molar-refractivity contribution in [2.24, 2.45) is 0 Å². The average Bonchev–Trinajstić information content (AvgIpc) is 2.78. The summed E-state index contributed by atoms with van der Waals surface area (Å²) in [6.45, 7) is 2.83. The van der Waals surface area contributed by atoms with Crippen molar-refractivity contribution in [2.45, 2.75) is 13.5 Å². The second kappa shape index (κ2) is 10.5. The number of methoxy groups -OCH3 is 1. The zero-order valence-electron chi connectivity index (χ0n) is 16.9. The fourth-order valence-electron chi connectivity index (χ4n) is 2.78. The standard InChI is InChI=1S/C25H23ClO4/c1-3-29-25-16-18(6-14-23(27)20-8-12-22(28-2)13-9-20)7-15-24(25)30-17-19-4-10-21(26)11-5-19/h4-16H,3,17H2,1-2H3/b14-6+. The first-order chi connectivity index (χ1) is 14.6. The minimum atomic E-state index is -0.0846. The lowest BCUT2D eigenvalue weighted by molar-refractivity contribution is 0.104. The maximum absolute atomic E-state index is 12.4. The third kappa shape index (κ3) is 5.88. The van der Waals surface area contributed by atoms with E-state index in [9.17, 15) is 4.79 Å². The van der Waals surface area contributed by atoms with E-state index in [4.69, 9.17) is 25.8 Å². The Morgan fingerprint density at radius 3 is 2.33 bits per heavy atom. The highest BCUT2D eigenvalue weighted by atomic mass is 35.5. The van der Waals surface area contributed by atoms with Gasteiger partial charge in [-0.25, -0.2) is 0 Å². The average molecular weight is 423 g/mol. The Morgan fingerprint density at radius 1 is 0.933 bits per heavy atom. The van der Waals surface area contributed by atoms with E-state index in [1.807, 2.05) is 49.4 Å². The van der Waals surface area contributed by atoms with Gasteiger partial charge in [-0.1, -0.05) is 35.9 Å². The van der Waals surface area contributed by atoms with E-state index in [0.717, 1.165) is 11.1 Å². The summed E-state index contributed by atoms with van der Waals surface area (Å²) < 4.78 is 16.8. The predicted molar refractivity (Wildman–Crippen MR) is 120 cm³/mol. The van der Waals surface area contributed by atoms with Gasteiger partial charge in [-0.15, -0.1) is 0 Å². The molecule has 5 heteroatoms. The van der Waals surface area contributed by atoms with Gasteiger partial charge in [-0.2, -0.15) is 0 Å². The van der Waals surface area contributed by atoms with Crippen LogP contribution in [-0.2, 0) is 6.61 Å². The lowest BCUT2D eigenvalue weighted by atomic mass is 10.1. The number of rotatable bonds is 9. The minimum absolute atomic E-state index is 0.0846. The first kappa shape index (κ1) is 21.5. The van der Waals surface area contributed by atoms with E-state index in [1.54, 1.807) is 43.5 Å². The van der Waals surface area contributed by atoms with Crippen molar-refractivity contribution in [2.75, 3.05) is 13.7 Å². The lowest BCUT2D eigenvalue weighted by Gasteiger charge is -2.13. The molecular weight excluding hydrogens is 400 g/mol. The molecule has 0 aliphatic heterocycles. The van der Waals surface area contributed by atoms with Gasteiger partial charge < -0.3 is 14.2 Å². The monoisotopic (exact) mass is 422 g/mol. The van der Waals surface area contributed by atoms with Crippen LogP contribution in [0.15, 0.2) is 72.8 Å². The van der Waals surface area contributed by atoms with E-state index in [1.165, 1.54) is 0 Å². The molecule has 3 rings (SSSR count). The second-order valence-corrected chi connectivity index (χ2v) is 6.92. The van der Waals surface area contributed by atoms with Crippen LogP contribution in [0.2, 0.25) is 5.02 Å². The molecule has 0 aromatic heterocycles. The molecule has 0 saturated heterocycles. The molecule has 0 spiro atoms. The van der Waals surface area contributed by atoms with Gasteiger partial charge in [0.2, 0.25) is 0 Å². The highest BCUT2D eigenvalue weighted by Gasteiger charge is 2.07. The summed E-state index contributed by atoms with van der Waals surface area (Å²) in [5.74, 6) is 1.90. The summed E-state index contributed by atoms with van der Waals surface area (Å²) in [5, 5.41) is 0.689. The maximum Gasteiger partial charge on any atom is 0.185 e. The molecule has 0 unspecified atom stereocenters. The van der Waals surface area contributed by atoms with Gasteiger partial charge in [-0.3, -0.25) is 4.79 Å². The summed E-state index contributed by atoms with van der Waals surface area (Å²) in [6, 6.07) is 20.1. The van der Waals surface area contributed by atoms with Gasteiger partial charge in [0.1, 0.15) is 12.4 Å². The summed E-state index contributed by atoms with van der Waals surface area (Å²) in [7, 11) is 1.59. The maximum atomic E-state index is 12.4. The summed E-state index contributed by atoms with van der Waals surface area (Å²) in [4.78, 5) is 12.4. The molecule has 0 bridgehead atoms. The minimum Gasteiger partial charge on any atom is -0.497 e. The molecule has 0 heterocycles. The van der Waals surface area contributed by atoms with Gasteiger partial charge in [-0.05, 0) is 72.7 Å². The number of ether oxygens (including phenoxy) is 3. The second-order valence-electron chi connectivity index (χ2n) is 6.48. The summed E-state index contributed by atoms with van der Waals surface area (Å²) in [6.07, 6.45) is 3.30. The van der Waals surface area contributed by atoms with Crippen LogP contribution in [0.3, 0.4) is 0 Å². The molecular formula is C25H23ClO4. The Kier molecular flexibility index (Phi) is 7.52. The third-order valence-corrected chi connectivity index (χ3v) is 4.63. The third-order valence-electron chi connectivity index (χ3n) is 4.38. The van der Waals surface area contributed by atoms with Crippen molar-refractivity contribution in [1.29, 1.82) is 0 Å². The van der Waals surface area contributed by atoms with Crippen molar-refractivity contribution in [3.63, 3.8) is 0 Å². The van der Waals surface area contributed by atoms with E-state index in [0.29, 0.717) is 41.0 Å². The van der Waals surface area contributed by atoms with Gasteiger partial charge in [0.25, 0.3) is 0 Å². The van der Waals surface area contributed by atoms with Crippen LogP contribution in [0.4, 0.5) is 0 Å². The Bertz CT molecular complexity index is 1010. The summed E-state index contributed by atoms with van der Waals surface area (Å²) in [5.41, 5.74) is 2.45. The van der Waals surface area contributed by atoms with Crippen LogP contribution in [0, 0.1) is 0 Å². The Labute approximate surface area is 181 Å². The number of ketones is 1. The van der Waals surface area contributed by atoms with Crippen LogP contribution in [0.5, 0.6) is 17.2 Å². The molecule has 0 fully saturated rings. The molecule has 0 saturated carbocycles. The van der Waals surface area contributed by atoms with Gasteiger partial charge in [0.05, 0.1) is 13.7 Å². The van der Waals surface area contributed by atoms with Crippen LogP contribution < -0.4 is 14.2 Å². The number of hydrogen-bond donors (Lipinski definition) is 0. The van der Waals surface area contributed by atoms with E-state index in [-0.39, 0.29) is 5.78 Å². The van der Waals surface area contributed by atoms with Crippen molar-refractivity contribution >= 4 is 23.5 Å². The quantitative estimate of drug-likeness (QED) is 0.303. The van der Waals surface area contributed by atoms with Crippen molar-refractivity contribution in [3.05, 3.63) is 94.5 Å². The highest BCUT2D eigenvalue weighted by Crippen LogP contribution is 2.30. The summed E-state index contributed by atoms with van der Waals surface area (Å²) >= 11 is 5.92. The SMILES string of the molecule is CCOc1cc(/C=C/C(=O)c2ccc(OC)cc2)ccc1OCc1ccc(Cl)cc1. The van der Waals surface area contributed by atoms with E-state index in [2.05, 4.69) is 0 Å². The first-order valence-electron chi connectivity index (χ1n) is 9.59. The first-order valence-corrected chi connectivity index (χ1v) is 9.97. The zero-order chi connectivity index (χ0) is 21.3. The van der Waals surface area contributed by atoms with Gasteiger partial charge in [0, 0.05) is 10.6 Å². The Balaban J connectivity index is 1.70. The van der Waals surface area contributed by atoms with Crippen LogP contribution in [-0.4, -0.2) is 19.5 Å². The number of halogens is 1. The predicted octanol–water partition coefficient (Wildman–Crippen LogP) is 6.22. The number of allylic oxidation sites excluding steroid dienone is 1. The molecule has 0 aliphatic carbocycles. The molecule has 0 radical (unpaired) electrons. The Morgan fingerprint density at radius 2 is 1.67 bits per heavy atom. The fourth-order valence-corrected chi connectivity index (χ4v) is 2.91. The molecule has 3 aromatic carbocycles. The number of carbonyl (C=O) groups excluding carboxylic acids is 1. The van der Waals surface area contributed by atoms with Crippen molar-refractivity contribution < 1.29 is 19.0 Å². The van der Waals surface area contributed by atoms with Gasteiger partial charge >= 0.3 is 0 Å². The Hall–Kier alpha value is -3.24. The molecule has 30 heavy (non-hydrogen) atoms. The fraction of sp³-hybridized carbons (Fsp3) is 0.160. The molecule has 0 atom stereocenters. The normalized spacial score (nSPS) is 10.8. The van der Waals surface area contributed by atoms with Crippen molar-refractivity contribution in [3.8, 4) is 17.2 Å². The van der Waals surface area contributed by atoms with Crippen molar-refractivity contribution in [1.82, 2.24) is 0 Å². The molecule has 154 valence electrons. The zero-order valence-corrected chi connectivity index (χ0v) is 17.7. The smallest absolute Gasteiger partial charge is 0.185 e. The molecule has 0 amide bonds. The molecule has 3 aromatic rings. The topological polar surface area (TPSA) is 44.8 Å². The lowest BCUT2D eigenvalue weighted by Crippen LogP contribution is -2.00. The van der Waals surface area contributed by atoms with Crippen LogP contribution in [0.1, 0.15) is 28.4 Å². The molecule has 0 aliphatic rings. The van der Waals surface area contributed by atoms with E-state index < -0.39 is 0 Å². The van der Waals surface area contributed by atoms with Gasteiger partial charge in [0.15, 0.2) is 17.3 Å². The largest absolute Gasteiger partial charge is 0.497 e. The molecule has 4 nitrogen and oxygen atoms in total. The van der Waals surface area contributed by atoms with Crippen LogP contribution in [0.25, 0.3) is 6.08 Å².